The molecule has 0 atom stereocenters. The normalized spacial score (nSPS) is 18.8. The second-order valence-corrected chi connectivity index (χ2v) is 5.08. The van der Waals surface area contributed by atoms with Crippen LogP contribution in [0.2, 0.25) is 0 Å². The fourth-order valence-electron chi connectivity index (χ4n) is 2.48. The summed E-state index contributed by atoms with van der Waals surface area (Å²) in [5.74, 6) is 0.184. The van der Waals surface area contributed by atoms with Gasteiger partial charge in [-0.25, -0.2) is 0 Å². The molecular weight excluding hydrogens is 216 g/mol. The maximum Gasteiger partial charge on any atom is 0.231 e. The molecule has 0 saturated carbocycles. The Hall–Kier alpha value is -0.870. The lowest BCUT2D eigenvalue weighted by molar-refractivity contribution is -0.145. The van der Waals surface area contributed by atoms with Crippen molar-refractivity contribution >= 4 is 5.91 Å². The van der Waals surface area contributed by atoms with Gasteiger partial charge in [-0.05, 0) is 32.9 Å². The first kappa shape index (κ1) is 14.2. The Balaban J connectivity index is 2.75. The lowest BCUT2D eigenvalue weighted by Crippen LogP contribution is -2.50. The molecule has 4 heteroatoms. The average Bonchev–Trinajstić information content (AvgIpc) is 2.28. The first-order valence-electron chi connectivity index (χ1n) is 6.11. The summed E-state index contributed by atoms with van der Waals surface area (Å²) in [6.07, 6.45) is 1.69. The fraction of sp³-hybridized carbons (Fsp3) is 0.769. The van der Waals surface area contributed by atoms with Crippen molar-refractivity contribution in [2.24, 2.45) is 5.41 Å². The molecule has 0 radical (unpaired) electrons. The zero-order valence-corrected chi connectivity index (χ0v) is 11.2. The van der Waals surface area contributed by atoms with Gasteiger partial charge in [-0.15, -0.1) is 0 Å². The molecule has 1 saturated heterocycles. The minimum atomic E-state index is -0.343. The summed E-state index contributed by atoms with van der Waals surface area (Å²) < 4.78 is 5.26. The number of rotatable bonds is 5. The fourth-order valence-corrected chi connectivity index (χ4v) is 2.48. The predicted octanol–water partition coefficient (Wildman–Crippen LogP) is 1.04. The molecule has 1 aliphatic heterocycles. The van der Waals surface area contributed by atoms with Crippen molar-refractivity contribution in [1.82, 2.24) is 10.2 Å². The van der Waals surface area contributed by atoms with E-state index in [0.29, 0.717) is 13.2 Å². The molecule has 0 unspecified atom stereocenters. The minimum absolute atomic E-state index is 0.184. The van der Waals surface area contributed by atoms with Crippen LogP contribution < -0.4 is 5.32 Å². The van der Waals surface area contributed by atoms with E-state index in [0.717, 1.165) is 31.5 Å². The lowest BCUT2D eigenvalue weighted by atomic mass is 9.78. The van der Waals surface area contributed by atoms with Crippen LogP contribution in [0.4, 0.5) is 0 Å². The summed E-state index contributed by atoms with van der Waals surface area (Å²) in [5.41, 5.74) is 0.659. The van der Waals surface area contributed by atoms with Gasteiger partial charge in [0.05, 0.1) is 12.0 Å². The zero-order chi connectivity index (χ0) is 12.9. The highest BCUT2D eigenvalue weighted by Crippen LogP contribution is 2.31. The second-order valence-electron chi connectivity index (χ2n) is 5.08. The van der Waals surface area contributed by atoms with Gasteiger partial charge in [-0.2, -0.15) is 0 Å². The van der Waals surface area contributed by atoms with E-state index in [1.54, 1.807) is 12.0 Å². The molecule has 0 aromatic heterocycles. The maximum atomic E-state index is 12.5. The van der Waals surface area contributed by atoms with Crippen molar-refractivity contribution in [2.45, 2.75) is 19.8 Å². The molecule has 0 aliphatic carbocycles. The van der Waals surface area contributed by atoms with E-state index in [4.69, 9.17) is 4.74 Å². The summed E-state index contributed by atoms with van der Waals surface area (Å²) in [6, 6.07) is 0. The van der Waals surface area contributed by atoms with Gasteiger partial charge in [0.25, 0.3) is 0 Å². The third kappa shape index (κ3) is 3.54. The number of carbonyl (C=O) groups is 1. The number of amides is 1. The first-order valence-corrected chi connectivity index (χ1v) is 6.11. The van der Waals surface area contributed by atoms with Crippen LogP contribution in [0, 0.1) is 5.41 Å². The van der Waals surface area contributed by atoms with Crippen LogP contribution in [0.15, 0.2) is 12.2 Å². The molecular formula is C13H24N2O2. The Morgan fingerprint density at radius 2 is 2.06 bits per heavy atom. The molecule has 1 aliphatic rings. The Morgan fingerprint density at radius 1 is 1.47 bits per heavy atom. The molecule has 0 bridgehead atoms. The molecule has 98 valence electrons. The van der Waals surface area contributed by atoms with Gasteiger partial charge < -0.3 is 15.0 Å². The quantitative estimate of drug-likeness (QED) is 0.730. The molecule has 0 aromatic rings. The van der Waals surface area contributed by atoms with Crippen molar-refractivity contribution in [3.05, 3.63) is 12.2 Å². The van der Waals surface area contributed by atoms with E-state index in [-0.39, 0.29) is 11.3 Å². The van der Waals surface area contributed by atoms with E-state index in [9.17, 15) is 4.79 Å². The zero-order valence-electron chi connectivity index (χ0n) is 11.2. The minimum Gasteiger partial charge on any atom is -0.384 e. The highest BCUT2D eigenvalue weighted by molar-refractivity contribution is 5.83. The van der Waals surface area contributed by atoms with Crippen molar-refractivity contribution in [3.63, 3.8) is 0 Å². The van der Waals surface area contributed by atoms with Crippen molar-refractivity contribution in [1.29, 1.82) is 0 Å². The van der Waals surface area contributed by atoms with Crippen LogP contribution >= 0.6 is 0 Å². The largest absolute Gasteiger partial charge is 0.384 e. The molecule has 1 heterocycles. The van der Waals surface area contributed by atoms with Crippen LogP contribution in [-0.4, -0.2) is 51.2 Å². The average molecular weight is 240 g/mol. The SMILES string of the molecule is C=C(C)CN(C)C(=O)C1(COC)CCNCC1. The van der Waals surface area contributed by atoms with Gasteiger partial charge >= 0.3 is 0 Å². The summed E-state index contributed by atoms with van der Waals surface area (Å²) in [7, 11) is 3.51. The molecule has 1 rings (SSSR count). The number of nitrogens with one attached hydrogen (secondary N) is 1. The molecule has 1 N–H and O–H groups in total. The van der Waals surface area contributed by atoms with E-state index < -0.39 is 0 Å². The van der Waals surface area contributed by atoms with Crippen molar-refractivity contribution in [3.8, 4) is 0 Å². The molecule has 17 heavy (non-hydrogen) atoms. The Kier molecular flexibility index (Phi) is 5.15. The van der Waals surface area contributed by atoms with E-state index >= 15 is 0 Å². The Labute approximate surface area is 104 Å². The highest BCUT2D eigenvalue weighted by Gasteiger charge is 2.41. The van der Waals surface area contributed by atoms with E-state index in [1.807, 2.05) is 14.0 Å². The predicted molar refractivity (Wildman–Crippen MR) is 68.9 cm³/mol. The number of ether oxygens (including phenoxy) is 1. The number of likely N-dealkylation sites (N-methyl/N-ethyl adjacent to an activating group) is 1. The van der Waals surface area contributed by atoms with E-state index in [1.165, 1.54) is 0 Å². The van der Waals surface area contributed by atoms with E-state index in [2.05, 4.69) is 11.9 Å². The molecule has 4 nitrogen and oxygen atoms in total. The van der Waals surface area contributed by atoms with Crippen molar-refractivity contribution in [2.75, 3.05) is 40.4 Å². The second kappa shape index (κ2) is 6.17. The standard InChI is InChI=1S/C13H24N2O2/c1-11(2)9-15(3)12(16)13(10-17-4)5-7-14-8-6-13/h14H,1,5-10H2,2-4H3. The summed E-state index contributed by atoms with van der Waals surface area (Å²) in [6.45, 7) is 8.69. The number of methoxy groups -OCH3 is 1. The van der Waals surface area contributed by atoms with Crippen LogP contribution in [0.3, 0.4) is 0 Å². The molecule has 1 amide bonds. The van der Waals surface area contributed by atoms with Crippen LogP contribution in [0.5, 0.6) is 0 Å². The number of carbonyl (C=O) groups excluding carboxylic acids is 1. The summed E-state index contributed by atoms with van der Waals surface area (Å²) in [5, 5.41) is 3.29. The Morgan fingerprint density at radius 3 is 2.53 bits per heavy atom. The number of nitrogens with zero attached hydrogens (tertiary/aromatic N) is 1. The maximum absolute atomic E-state index is 12.5. The van der Waals surface area contributed by atoms with Gasteiger partial charge in [-0.1, -0.05) is 12.2 Å². The van der Waals surface area contributed by atoms with Gasteiger partial charge in [0, 0.05) is 20.7 Å². The molecule has 0 aromatic carbocycles. The Bertz CT molecular complexity index is 278. The molecule has 1 fully saturated rings. The summed E-state index contributed by atoms with van der Waals surface area (Å²) in [4.78, 5) is 14.3. The lowest BCUT2D eigenvalue weighted by Gasteiger charge is -2.38. The van der Waals surface area contributed by atoms with Crippen LogP contribution in [-0.2, 0) is 9.53 Å². The molecule has 0 spiro atoms. The van der Waals surface area contributed by atoms with Crippen molar-refractivity contribution < 1.29 is 9.53 Å². The number of piperidine rings is 1. The van der Waals surface area contributed by atoms with Crippen LogP contribution in [0.25, 0.3) is 0 Å². The third-order valence-corrected chi connectivity index (χ3v) is 3.29. The smallest absolute Gasteiger partial charge is 0.231 e. The van der Waals surface area contributed by atoms with Gasteiger partial charge in [-0.3, -0.25) is 4.79 Å². The van der Waals surface area contributed by atoms with Gasteiger partial charge in [0.2, 0.25) is 5.91 Å². The monoisotopic (exact) mass is 240 g/mol. The van der Waals surface area contributed by atoms with Gasteiger partial charge in [0.1, 0.15) is 0 Å². The van der Waals surface area contributed by atoms with Crippen LogP contribution in [0.1, 0.15) is 19.8 Å². The van der Waals surface area contributed by atoms with Gasteiger partial charge in [0.15, 0.2) is 0 Å². The highest BCUT2D eigenvalue weighted by atomic mass is 16.5. The summed E-state index contributed by atoms with van der Waals surface area (Å²) >= 11 is 0. The number of hydrogen-bond acceptors (Lipinski definition) is 3. The topological polar surface area (TPSA) is 41.6 Å². The third-order valence-electron chi connectivity index (χ3n) is 3.29. The number of hydrogen-bond donors (Lipinski definition) is 1. The first-order chi connectivity index (χ1) is 8.02.